The van der Waals surface area contributed by atoms with Crippen LogP contribution in [-0.4, -0.2) is 33.6 Å². The van der Waals surface area contributed by atoms with Gasteiger partial charge in [-0.25, -0.2) is 13.8 Å². The number of hydrogen-bond donors (Lipinski definition) is 1. The lowest BCUT2D eigenvalue weighted by molar-refractivity contribution is -0.125. The number of anilines is 1. The number of amides is 1. The fraction of sp³-hybridized carbons (Fsp3) is 0.269. The van der Waals surface area contributed by atoms with E-state index in [1.165, 1.54) is 24.3 Å². The van der Waals surface area contributed by atoms with Gasteiger partial charge in [-0.1, -0.05) is 17.7 Å². The van der Waals surface area contributed by atoms with Gasteiger partial charge in [0, 0.05) is 54.0 Å². The average Bonchev–Trinajstić information content (AvgIpc) is 3.27. The van der Waals surface area contributed by atoms with Crippen molar-refractivity contribution in [3.63, 3.8) is 0 Å². The fourth-order valence-electron chi connectivity index (χ4n) is 4.43. The predicted octanol–water partition coefficient (Wildman–Crippen LogP) is 5.17. The Balaban J connectivity index is 1.28. The highest BCUT2D eigenvalue weighted by Crippen LogP contribution is 2.27. The molecule has 0 atom stereocenters. The van der Waals surface area contributed by atoms with Crippen molar-refractivity contribution in [1.82, 2.24) is 19.9 Å². The number of nitrogens with zero attached hydrogens (tertiary/aromatic N) is 4. The van der Waals surface area contributed by atoms with Crippen molar-refractivity contribution in [3.8, 4) is 11.3 Å². The second-order valence-corrected chi connectivity index (χ2v) is 9.18. The summed E-state index contributed by atoms with van der Waals surface area (Å²) in [5.74, 6) is 0.0765. The summed E-state index contributed by atoms with van der Waals surface area (Å²) in [6.45, 7) is 3.59. The van der Waals surface area contributed by atoms with Gasteiger partial charge in [-0.05, 0) is 61.7 Å². The van der Waals surface area contributed by atoms with Gasteiger partial charge in [0.1, 0.15) is 17.5 Å². The Morgan fingerprint density at radius 1 is 1.06 bits per heavy atom. The number of hydrogen-bond acceptors (Lipinski definition) is 4. The number of rotatable bonds is 5. The SMILES string of the molecule is Cc1cc(N2CCC(C(=O)NCc3ccc(F)cc3Cl)CC2)n2nc(-c3ccc(F)cc3)cc2n1. The monoisotopic (exact) mass is 495 g/mol. The van der Waals surface area contributed by atoms with Crippen LogP contribution in [0.15, 0.2) is 54.6 Å². The molecular weight excluding hydrogens is 472 g/mol. The van der Waals surface area contributed by atoms with Gasteiger partial charge in [0.05, 0.1) is 5.69 Å². The summed E-state index contributed by atoms with van der Waals surface area (Å²) >= 11 is 6.07. The predicted molar refractivity (Wildman–Crippen MR) is 131 cm³/mol. The first kappa shape index (κ1) is 23.2. The lowest BCUT2D eigenvalue weighted by atomic mass is 9.95. The van der Waals surface area contributed by atoms with Crippen molar-refractivity contribution >= 4 is 29.0 Å². The number of piperidine rings is 1. The van der Waals surface area contributed by atoms with Crippen LogP contribution in [0.5, 0.6) is 0 Å². The van der Waals surface area contributed by atoms with E-state index in [1.807, 2.05) is 23.6 Å². The zero-order valence-electron chi connectivity index (χ0n) is 19.1. The molecule has 4 aromatic rings. The lowest BCUT2D eigenvalue weighted by Crippen LogP contribution is -2.41. The van der Waals surface area contributed by atoms with Crippen LogP contribution in [0.4, 0.5) is 14.6 Å². The van der Waals surface area contributed by atoms with Crippen LogP contribution in [-0.2, 0) is 11.3 Å². The Morgan fingerprint density at radius 3 is 2.49 bits per heavy atom. The third-order valence-electron chi connectivity index (χ3n) is 6.33. The molecule has 0 bridgehead atoms. The molecule has 180 valence electrons. The molecule has 6 nitrogen and oxygen atoms in total. The summed E-state index contributed by atoms with van der Waals surface area (Å²) in [5.41, 5.74) is 3.81. The third kappa shape index (κ3) is 4.98. The van der Waals surface area contributed by atoms with Gasteiger partial charge < -0.3 is 10.2 Å². The normalized spacial score (nSPS) is 14.5. The summed E-state index contributed by atoms with van der Waals surface area (Å²) in [7, 11) is 0. The first-order chi connectivity index (χ1) is 16.9. The summed E-state index contributed by atoms with van der Waals surface area (Å²) in [4.78, 5) is 19.6. The second kappa shape index (κ2) is 9.62. The Labute approximate surface area is 206 Å². The van der Waals surface area contributed by atoms with E-state index >= 15 is 0 Å². The lowest BCUT2D eigenvalue weighted by Gasteiger charge is -2.33. The Bertz CT molecular complexity index is 1380. The zero-order chi connectivity index (χ0) is 24.5. The van der Waals surface area contributed by atoms with Gasteiger partial charge in [-0.3, -0.25) is 4.79 Å². The highest BCUT2D eigenvalue weighted by molar-refractivity contribution is 6.31. The molecule has 0 unspecified atom stereocenters. The maximum absolute atomic E-state index is 13.3. The Morgan fingerprint density at radius 2 is 1.77 bits per heavy atom. The summed E-state index contributed by atoms with van der Waals surface area (Å²) in [6.07, 6.45) is 1.38. The van der Waals surface area contributed by atoms with E-state index in [0.29, 0.717) is 36.5 Å². The van der Waals surface area contributed by atoms with E-state index in [4.69, 9.17) is 16.7 Å². The summed E-state index contributed by atoms with van der Waals surface area (Å²) < 4.78 is 28.4. The Hall–Kier alpha value is -3.52. The van der Waals surface area contributed by atoms with Gasteiger partial charge in [-0.15, -0.1) is 0 Å². The van der Waals surface area contributed by atoms with E-state index in [-0.39, 0.29) is 24.2 Å². The minimum absolute atomic E-state index is 0.0289. The molecule has 1 saturated heterocycles. The minimum atomic E-state index is -0.403. The van der Waals surface area contributed by atoms with Crippen LogP contribution >= 0.6 is 11.6 Å². The van der Waals surface area contributed by atoms with Crippen molar-refractivity contribution in [1.29, 1.82) is 0 Å². The molecule has 2 aromatic carbocycles. The number of carbonyl (C=O) groups excluding carboxylic acids is 1. The second-order valence-electron chi connectivity index (χ2n) is 8.78. The first-order valence-corrected chi connectivity index (χ1v) is 11.8. The van der Waals surface area contributed by atoms with Crippen LogP contribution in [0, 0.1) is 24.5 Å². The van der Waals surface area contributed by atoms with Gasteiger partial charge in [0.15, 0.2) is 5.65 Å². The molecular formula is C26H24ClF2N5O. The van der Waals surface area contributed by atoms with Gasteiger partial charge in [0.2, 0.25) is 5.91 Å². The van der Waals surface area contributed by atoms with Gasteiger partial charge in [-0.2, -0.15) is 9.61 Å². The van der Waals surface area contributed by atoms with E-state index < -0.39 is 5.82 Å². The minimum Gasteiger partial charge on any atom is -0.356 e. The summed E-state index contributed by atoms with van der Waals surface area (Å²) in [6, 6.07) is 14.3. The molecule has 0 saturated carbocycles. The maximum Gasteiger partial charge on any atom is 0.223 e. The van der Waals surface area contributed by atoms with Crippen molar-refractivity contribution in [3.05, 3.63) is 82.5 Å². The van der Waals surface area contributed by atoms with E-state index in [0.717, 1.165) is 28.4 Å². The molecule has 1 amide bonds. The fourth-order valence-corrected chi connectivity index (χ4v) is 4.66. The Kier molecular flexibility index (Phi) is 6.38. The molecule has 1 fully saturated rings. The molecule has 1 aliphatic heterocycles. The molecule has 3 heterocycles. The largest absolute Gasteiger partial charge is 0.356 e. The zero-order valence-corrected chi connectivity index (χ0v) is 19.9. The van der Waals surface area contributed by atoms with E-state index in [1.54, 1.807) is 18.2 Å². The third-order valence-corrected chi connectivity index (χ3v) is 6.69. The highest BCUT2D eigenvalue weighted by Gasteiger charge is 2.27. The quantitative estimate of drug-likeness (QED) is 0.415. The highest BCUT2D eigenvalue weighted by atomic mass is 35.5. The van der Waals surface area contributed by atoms with Crippen molar-refractivity contribution in [2.75, 3.05) is 18.0 Å². The molecule has 0 aliphatic carbocycles. The van der Waals surface area contributed by atoms with Crippen molar-refractivity contribution in [2.45, 2.75) is 26.3 Å². The number of nitrogens with one attached hydrogen (secondary N) is 1. The topological polar surface area (TPSA) is 62.5 Å². The van der Waals surface area contributed by atoms with Crippen LogP contribution in [0.2, 0.25) is 5.02 Å². The molecule has 1 N–H and O–H groups in total. The smallest absolute Gasteiger partial charge is 0.223 e. The molecule has 1 aliphatic rings. The number of aryl methyl sites for hydroxylation is 1. The van der Waals surface area contributed by atoms with E-state index in [9.17, 15) is 13.6 Å². The number of carbonyl (C=O) groups is 1. The number of halogens is 3. The average molecular weight is 496 g/mol. The van der Waals surface area contributed by atoms with Crippen LogP contribution in [0.3, 0.4) is 0 Å². The summed E-state index contributed by atoms with van der Waals surface area (Å²) in [5, 5.41) is 7.96. The van der Waals surface area contributed by atoms with Crippen LogP contribution in [0.25, 0.3) is 16.9 Å². The van der Waals surface area contributed by atoms with Crippen molar-refractivity contribution < 1.29 is 13.6 Å². The van der Waals surface area contributed by atoms with Gasteiger partial charge >= 0.3 is 0 Å². The standard InChI is InChI=1S/C26H24ClF2N5O/c1-16-12-25(34-24(31-16)14-23(32-34)17-2-5-20(28)6-3-17)33-10-8-18(9-11-33)26(35)30-15-19-4-7-21(29)13-22(19)27/h2-7,12-14,18H,8-11,15H2,1H3,(H,30,35). The number of benzene rings is 2. The van der Waals surface area contributed by atoms with Crippen LogP contribution in [0.1, 0.15) is 24.1 Å². The number of fused-ring (bicyclic) bond motifs is 1. The first-order valence-electron chi connectivity index (χ1n) is 11.5. The van der Waals surface area contributed by atoms with Crippen LogP contribution < -0.4 is 10.2 Å². The molecule has 35 heavy (non-hydrogen) atoms. The van der Waals surface area contributed by atoms with Gasteiger partial charge in [0.25, 0.3) is 0 Å². The molecule has 0 spiro atoms. The maximum atomic E-state index is 13.3. The molecule has 5 rings (SSSR count). The van der Waals surface area contributed by atoms with Crippen molar-refractivity contribution in [2.24, 2.45) is 5.92 Å². The molecule has 0 radical (unpaired) electrons. The van der Waals surface area contributed by atoms with E-state index in [2.05, 4.69) is 15.2 Å². The number of aromatic nitrogens is 3. The molecule has 2 aromatic heterocycles. The molecule has 9 heteroatoms.